The molecule has 1 saturated heterocycles. The largest absolute Gasteiger partial charge is 0.369 e. The van der Waals surface area contributed by atoms with E-state index in [2.05, 4.69) is 16.3 Å². The Labute approximate surface area is 139 Å². The van der Waals surface area contributed by atoms with Gasteiger partial charge in [-0.25, -0.2) is 5.06 Å². The average Bonchev–Trinajstić information content (AvgIpc) is 2.92. The minimum atomic E-state index is -0.509. The zero-order chi connectivity index (χ0) is 17.7. The third-order valence-corrected chi connectivity index (χ3v) is 3.95. The molecule has 10 nitrogen and oxygen atoms in total. The molecule has 2 N–H and O–H groups in total. The highest BCUT2D eigenvalue weighted by Gasteiger charge is 2.34. The fourth-order valence-corrected chi connectivity index (χ4v) is 2.75. The van der Waals surface area contributed by atoms with E-state index in [1.54, 1.807) is 22.8 Å². The summed E-state index contributed by atoms with van der Waals surface area (Å²) in [4.78, 5) is 30.5. The van der Waals surface area contributed by atoms with Crippen LogP contribution in [0.15, 0.2) is 6.33 Å². The van der Waals surface area contributed by atoms with Crippen LogP contribution in [-0.2, 0) is 28.1 Å². The van der Waals surface area contributed by atoms with E-state index in [9.17, 15) is 14.9 Å². The lowest BCUT2D eigenvalue weighted by Gasteiger charge is -2.39. The summed E-state index contributed by atoms with van der Waals surface area (Å²) in [6.45, 7) is 1.83. The van der Waals surface area contributed by atoms with Gasteiger partial charge in [-0.15, -0.1) is 10.2 Å². The molecule has 2 atom stereocenters. The number of aromatic nitrogens is 3. The second-order valence-electron chi connectivity index (χ2n) is 5.75. The maximum Gasteiger partial charge on any atom is 0.243 e. The molecule has 1 aliphatic rings. The lowest BCUT2D eigenvalue weighted by Crippen LogP contribution is -2.54. The second-order valence-corrected chi connectivity index (χ2v) is 5.75. The maximum absolute atomic E-state index is 12.0. The Balaban J connectivity index is 2.04. The Morgan fingerprint density at radius 3 is 2.83 bits per heavy atom. The lowest BCUT2D eigenvalue weighted by atomic mass is 9.98. The molecular weight excluding hydrogens is 314 g/mol. The molecule has 24 heavy (non-hydrogen) atoms. The number of hydrogen-bond donors (Lipinski definition) is 1. The minimum absolute atomic E-state index is 0.0241. The number of carbonyl (C=O) groups is 2. The van der Waals surface area contributed by atoms with Gasteiger partial charge in [0, 0.05) is 20.5 Å². The van der Waals surface area contributed by atoms with E-state index in [0.717, 1.165) is 0 Å². The van der Waals surface area contributed by atoms with Crippen LogP contribution >= 0.6 is 0 Å². The van der Waals surface area contributed by atoms with Crippen LogP contribution in [0.3, 0.4) is 0 Å². The molecule has 0 spiro atoms. The molecule has 130 valence electrons. The van der Waals surface area contributed by atoms with Crippen molar-refractivity contribution in [3.63, 3.8) is 0 Å². The number of primary amides is 1. The van der Waals surface area contributed by atoms with Crippen molar-refractivity contribution in [3.8, 4) is 6.07 Å². The number of nitriles is 1. The highest BCUT2D eigenvalue weighted by molar-refractivity contribution is 5.76. The number of hydrogen-bond acceptors (Lipinski definition) is 7. The third kappa shape index (κ3) is 4.27. The smallest absolute Gasteiger partial charge is 0.243 e. The quantitative estimate of drug-likeness (QED) is 0.655. The first-order valence-electron chi connectivity index (χ1n) is 7.60. The molecular formula is C14H21N7O3. The van der Waals surface area contributed by atoms with E-state index >= 15 is 0 Å². The number of rotatable bonds is 6. The topological polar surface area (TPSA) is 130 Å². The monoisotopic (exact) mass is 335 g/mol. The summed E-state index contributed by atoms with van der Waals surface area (Å²) in [6, 6.07) is 1.51. The molecule has 0 unspecified atom stereocenters. The van der Waals surface area contributed by atoms with Crippen molar-refractivity contribution in [1.82, 2.24) is 24.7 Å². The SMILES string of the molecule is CC(=O)N(OCc1nncn1C)[C@@H]1CC[C@@H](C#N)N(CC(N)=O)C1. The Kier molecular flexibility index (Phi) is 5.83. The first-order valence-corrected chi connectivity index (χ1v) is 7.60. The van der Waals surface area contributed by atoms with Gasteiger partial charge in [-0.05, 0) is 12.8 Å². The third-order valence-electron chi connectivity index (χ3n) is 3.95. The van der Waals surface area contributed by atoms with Gasteiger partial charge in [0.15, 0.2) is 5.82 Å². The van der Waals surface area contributed by atoms with Gasteiger partial charge >= 0.3 is 0 Å². The number of hydroxylamine groups is 2. The molecule has 1 aromatic heterocycles. The van der Waals surface area contributed by atoms with E-state index < -0.39 is 5.91 Å². The molecule has 2 heterocycles. The summed E-state index contributed by atoms with van der Waals surface area (Å²) in [7, 11) is 1.78. The van der Waals surface area contributed by atoms with Gasteiger partial charge in [0.2, 0.25) is 11.8 Å². The molecule has 10 heteroatoms. The van der Waals surface area contributed by atoms with Crippen LogP contribution in [0, 0.1) is 11.3 Å². The van der Waals surface area contributed by atoms with E-state index in [0.29, 0.717) is 25.2 Å². The predicted octanol–water partition coefficient (Wildman–Crippen LogP) is -1.06. The van der Waals surface area contributed by atoms with Crippen molar-refractivity contribution in [1.29, 1.82) is 5.26 Å². The van der Waals surface area contributed by atoms with Gasteiger partial charge < -0.3 is 10.3 Å². The second kappa shape index (κ2) is 7.85. The molecule has 0 bridgehead atoms. The van der Waals surface area contributed by atoms with Crippen molar-refractivity contribution in [2.75, 3.05) is 13.1 Å². The Bertz CT molecular complexity index is 639. The first-order chi connectivity index (χ1) is 11.4. The van der Waals surface area contributed by atoms with Crippen LogP contribution in [0.5, 0.6) is 0 Å². The van der Waals surface area contributed by atoms with Gasteiger partial charge in [0.1, 0.15) is 12.9 Å². The molecule has 2 rings (SSSR count). The van der Waals surface area contributed by atoms with Crippen LogP contribution in [0.4, 0.5) is 0 Å². The summed E-state index contributed by atoms with van der Waals surface area (Å²) in [5, 5.41) is 18.1. The zero-order valence-electron chi connectivity index (χ0n) is 13.8. The molecule has 0 saturated carbocycles. The summed E-state index contributed by atoms with van der Waals surface area (Å²) < 4.78 is 1.70. The number of aryl methyl sites for hydroxylation is 1. The van der Waals surface area contributed by atoms with Crippen LogP contribution in [0.2, 0.25) is 0 Å². The molecule has 0 radical (unpaired) electrons. The van der Waals surface area contributed by atoms with Crippen molar-refractivity contribution < 1.29 is 14.4 Å². The average molecular weight is 335 g/mol. The van der Waals surface area contributed by atoms with Crippen LogP contribution in [0.25, 0.3) is 0 Å². The van der Waals surface area contributed by atoms with Gasteiger partial charge in [-0.1, -0.05) is 0 Å². The highest BCUT2D eigenvalue weighted by atomic mass is 16.7. The molecule has 1 aliphatic heterocycles. The van der Waals surface area contributed by atoms with Crippen molar-refractivity contribution in [2.45, 2.75) is 38.5 Å². The van der Waals surface area contributed by atoms with Gasteiger partial charge in [0.05, 0.1) is 24.7 Å². The fraction of sp³-hybridized carbons (Fsp3) is 0.643. The highest BCUT2D eigenvalue weighted by Crippen LogP contribution is 2.21. The summed E-state index contributed by atoms with van der Waals surface area (Å²) in [5.41, 5.74) is 5.24. The Morgan fingerprint density at radius 2 is 2.29 bits per heavy atom. The number of likely N-dealkylation sites (tertiary alicyclic amines) is 1. The van der Waals surface area contributed by atoms with Crippen molar-refractivity contribution in [3.05, 3.63) is 12.2 Å². The Morgan fingerprint density at radius 1 is 1.54 bits per heavy atom. The fourth-order valence-electron chi connectivity index (χ4n) is 2.75. The number of piperidine rings is 1. The number of carbonyl (C=O) groups excluding carboxylic acids is 2. The molecule has 2 amide bonds. The normalized spacial score (nSPS) is 21.2. The lowest BCUT2D eigenvalue weighted by molar-refractivity contribution is -0.211. The van der Waals surface area contributed by atoms with E-state index in [-0.39, 0.29) is 31.1 Å². The summed E-state index contributed by atoms with van der Waals surface area (Å²) >= 11 is 0. The van der Waals surface area contributed by atoms with Gasteiger partial charge in [0.25, 0.3) is 0 Å². The molecule has 1 aromatic rings. The zero-order valence-corrected chi connectivity index (χ0v) is 13.8. The summed E-state index contributed by atoms with van der Waals surface area (Å²) in [6.07, 6.45) is 2.68. The Hall–Kier alpha value is -2.51. The van der Waals surface area contributed by atoms with Crippen molar-refractivity contribution in [2.24, 2.45) is 12.8 Å². The van der Waals surface area contributed by atoms with E-state index in [1.165, 1.54) is 12.0 Å². The van der Waals surface area contributed by atoms with Crippen LogP contribution < -0.4 is 5.73 Å². The maximum atomic E-state index is 12.0. The standard InChI is InChI=1S/C14H21N7O3/c1-10(22)21(24-8-14-18-17-9-19(14)2)12-4-3-11(5-15)20(6-12)7-13(16)23/h9,11-12H,3-4,6-8H2,1-2H3,(H2,16,23)/t11-,12+/m0/s1. The number of amides is 2. The predicted molar refractivity (Wildman–Crippen MR) is 81.5 cm³/mol. The molecule has 1 fully saturated rings. The number of nitrogens with zero attached hydrogens (tertiary/aromatic N) is 6. The summed E-state index contributed by atoms with van der Waals surface area (Å²) in [5.74, 6) is -0.178. The van der Waals surface area contributed by atoms with Gasteiger partial charge in [-0.2, -0.15) is 5.26 Å². The van der Waals surface area contributed by atoms with Crippen molar-refractivity contribution >= 4 is 11.8 Å². The first kappa shape index (κ1) is 17.8. The van der Waals surface area contributed by atoms with Crippen LogP contribution in [0.1, 0.15) is 25.6 Å². The van der Waals surface area contributed by atoms with Crippen LogP contribution in [-0.4, -0.2) is 61.7 Å². The van der Waals surface area contributed by atoms with E-state index in [4.69, 9.17) is 10.6 Å². The van der Waals surface area contributed by atoms with E-state index in [1.807, 2.05) is 0 Å². The minimum Gasteiger partial charge on any atom is -0.369 e. The van der Waals surface area contributed by atoms with Gasteiger partial charge in [-0.3, -0.25) is 19.3 Å². The molecule has 0 aliphatic carbocycles. The number of nitrogens with two attached hydrogens (primary N) is 1. The molecule has 0 aromatic carbocycles.